The summed E-state index contributed by atoms with van der Waals surface area (Å²) in [6, 6.07) is 37.6. The van der Waals surface area contributed by atoms with Gasteiger partial charge in [0.2, 0.25) is 0 Å². The Labute approximate surface area is 267 Å². The fourth-order valence-electron chi connectivity index (χ4n) is 9.01. The van der Waals surface area contributed by atoms with Crippen LogP contribution >= 0.6 is 7.41 Å². The number of benzene rings is 3. The van der Waals surface area contributed by atoms with E-state index in [1.807, 2.05) is 0 Å². The highest BCUT2D eigenvalue weighted by molar-refractivity contribution is 7.88. The first kappa shape index (κ1) is 34.4. The van der Waals surface area contributed by atoms with Crippen molar-refractivity contribution in [3.8, 4) is 0 Å². The molecule has 2 N–H and O–H groups in total. The van der Waals surface area contributed by atoms with E-state index in [1.165, 1.54) is 96.5 Å². The molecule has 0 unspecified atom stereocenters. The summed E-state index contributed by atoms with van der Waals surface area (Å²) in [4.78, 5) is 0. The van der Waals surface area contributed by atoms with Crippen molar-refractivity contribution in [3.05, 3.63) is 83.9 Å². The molecule has 0 aliphatic heterocycles. The van der Waals surface area contributed by atoms with Crippen LogP contribution in [0.25, 0.3) is 0 Å². The Morgan fingerprint density at radius 2 is 0.884 bits per heavy atom. The zero-order chi connectivity index (χ0) is 30.9. The maximum Gasteiger partial charge on any atom is 0.146 e. The number of hydrogen-bond donors (Lipinski definition) is 1. The van der Waals surface area contributed by atoms with Crippen molar-refractivity contribution in [1.29, 1.82) is 0 Å². The third-order valence-corrected chi connectivity index (χ3v) is 26.3. The molecule has 43 heavy (non-hydrogen) atoms. The monoisotopic (exact) mass is 630 g/mol. The van der Waals surface area contributed by atoms with Crippen molar-refractivity contribution in [2.45, 2.75) is 135 Å². The number of hydrogen-bond acceptors (Lipinski definition) is 1. The molecule has 0 aromatic heterocycles. The fraction of sp³-hybridized carbons (Fsp3) is 0.538. The topological polar surface area (TPSA) is 26.0 Å². The first-order valence-electron chi connectivity index (χ1n) is 17.8. The standard InChI is InChI=1S/C39H61NPSi2/c1-7-23-42(24-8-2,25-9-3)38-21-15-19-35(31-38)41(40,37-29-33-17-13-14-18-34(33)30-37)36-20-16-22-39(32-36)43(26-10-4,27-11-5)28-12-6/h13-22,31-32,37H,7-12,23-30,40H2,1-6H3/q+1. The van der Waals surface area contributed by atoms with E-state index in [2.05, 4.69) is 114 Å². The Kier molecular flexibility index (Phi) is 12.5. The lowest BCUT2D eigenvalue weighted by Crippen LogP contribution is -2.50. The number of rotatable bonds is 17. The van der Waals surface area contributed by atoms with E-state index in [0.717, 1.165) is 12.8 Å². The van der Waals surface area contributed by atoms with Gasteiger partial charge in [0.05, 0.1) is 16.1 Å². The van der Waals surface area contributed by atoms with Crippen LogP contribution in [0.15, 0.2) is 72.8 Å². The lowest BCUT2D eigenvalue weighted by atomic mass is 10.1. The zero-order valence-corrected chi connectivity index (χ0v) is 31.3. The molecule has 0 bridgehead atoms. The van der Waals surface area contributed by atoms with Gasteiger partial charge in [0.1, 0.15) is 23.7 Å². The molecule has 4 heteroatoms. The van der Waals surface area contributed by atoms with Crippen LogP contribution in [0.3, 0.4) is 0 Å². The van der Waals surface area contributed by atoms with Crippen LogP contribution in [0.4, 0.5) is 0 Å². The third-order valence-electron chi connectivity index (χ3n) is 10.7. The molecule has 0 fully saturated rings. The molecule has 0 radical (unpaired) electrons. The third kappa shape index (κ3) is 7.16. The summed E-state index contributed by atoms with van der Waals surface area (Å²) in [5, 5.41) is 6.30. The van der Waals surface area contributed by atoms with E-state index in [1.54, 1.807) is 10.4 Å². The molecule has 0 saturated heterocycles. The van der Waals surface area contributed by atoms with Gasteiger partial charge >= 0.3 is 0 Å². The van der Waals surface area contributed by atoms with Crippen molar-refractivity contribution in [3.63, 3.8) is 0 Å². The van der Waals surface area contributed by atoms with Gasteiger partial charge in [0.25, 0.3) is 0 Å². The molecule has 0 heterocycles. The Balaban J connectivity index is 1.91. The van der Waals surface area contributed by atoms with Crippen LogP contribution in [0, 0.1) is 0 Å². The Morgan fingerprint density at radius 1 is 0.535 bits per heavy atom. The SMILES string of the molecule is CCC[Si](CCC)(CCC)c1cccc([P+](N)(c2cccc([Si](CCC)(CCC)CCC)c2)C2Cc3ccccc3C2)c1. The molecule has 4 rings (SSSR count). The molecule has 0 amide bonds. The second kappa shape index (κ2) is 15.7. The van der Waals surface area contributed by atoms with Gasteiger partial charge in [0, 0.05) is 12.8 Å². The summed E-state index contributed by atoms with van der Waals surface area (Å²) in [7, 11) is -5.35. The molecule has 0 spiro atoms. The Morgan fingerprint density at radius 3 is 1.21 bits per heavy atom. The van der Waals surface area contributed by atoms with E-state index in [4.69, 9.17) is 5.50 Å². The predicted molar refractivity (Wildman–Crippen MR) is 202 cm³/mol. The van der Waals surface area contributed by atoms with Gasteiger partial charge in [0.15, 0.2) is 0 Å². The predicted octanol–water partition coefficient (Wildman–Crippen LogP) is 9.47. The van der Waals surface area contributed by atoms with Crippen molar-refractivity contribution in [2.24, 2.45) is 5.50 Å². The largest absolute Gasteiger partial charge is 0.195 e. The van der Waals surface area contributed by atoms with Gasteiger partial charge in [-0.25, -0.2) is 0 Å². The summed E-state index contributed by atoms with van der Waals surface area (Å²) in [6.45, 7) is 14.4. The molecule has 3 aromatic rings. The van der Waals surface area contributed by atoms with Crippen molar-refractivity contribution in [1.82, 2.24) is 0 Å². The summed E-state index contributed by atoms with van der Waals surface area (Å²) in [5.74, 6) is 0. The highest BCUT2D eigenvalue weighted by atomic mass is 31.2. The van der Waals surface area contributed by atoms with Gasteiger partial charge in [-0.15, -0.1) is 0 Å². The maximum atomic E-state index is 8.14. The summed E-state index contributed by atoms with van der Waals surface area (Å²) in [5.41, 5.74) is 11.6. The normalized spacial score (nSPS) is 14.3. The van der Waals surface area contributed by atoms with Crippen LogP contribution in [0.5, 0.6) is 0 Å². The molecule has 1 nitrogen and oxygen atoms in total. The van der Waals surface area contributed by atoms with Gasteiger partial charge in [-0.1, -0.05) is 175 Å². The van der Waals surface area contributed by atoms with Crippen molar-refractivity contribution in [2.75, 3.05) is 0 Å². The van der Waals surface area contributed by atoms with Crippen molar-refractivity contribution >= 4 is 44.5 Å². The molecule has 3 aromatic carbocycles. The van der Waals surface area contributed by atoms with Gasteiger partial charge < -0.3 is 0 Å². The van der Waals surface area contributed by atoms with Crippen LogP contribution in [0.1, 0.15) is 91.2 Å². The first-order valence-corrected chi connectivity index (χ1v) is 25.0. The average molecular weight is 631 g/mol. The quantitative estimate of drug-likeness (QED) is 0.117. The molecular weight excluding hydrogens is 570 g/mol. The number of nitrogens with two attached hydrogens (primary N) is 1. The highest BCUT2D eigenvalue weighted by Gasteiger charge is 2.50. The molecule has 0 atom stereocenters. The molecule has 0 saturated carbocycles. The lowest BCUT2D eigenvalue weighted by Gasteiger charge is -2.35. The lowest BCUT2D eigenvalue weighted by molar-refractivity contribution is 0.913. The summed E-state index contributed by atoms with van der Waals surface area (Å²) >= 11 is 0. The Bertz CT molecular complexity index is 1180. The van der Waals surface area contributed by atoms with Crippen LogP contribution < -0.4 is 26.5 Å². The average Bonchev–Trinajstić information content (AvgIpc) is 3.46. The van der Waals surface area contributed by atoms with E-state index < -0.39 is 23.6 Å². The van der Waals surface area contributed by atoms with E-state index in [-0.39, 0.29) is 0 Å². The maximum absolute atomic E-state index is 8.14. The van der Waals surface area contributed by atoms with Crippen LogP contribution in [-0.4, -0.2) is 21.8 Å². The van der Waals surface area contributed by atoms with Crippen LogP contribution in [-0.2, 0) is 12.8 Å². The van der Waals surface area contributed by atoms with Gasteiger partial charge in [-0.3, -0.25) is 0 Å². The van der Waals surface area contributed by atoms with E-state index in [0.29, 0.717) is 5.66 Å². The molecule has 234 valence electrons. The minimum absolute atomic E-state index is 0.467. The minimum atomic E-state index is -2.17. The smallest absolute Gasteiger partial charge is 0.146 e. The van der Waals surface area contributed by atoms with Gasteiger partial charge in [-0.05, 0) is 35.4 Å². The van der Waals surface area contributed by atoms with Gasteiger partial charge in [-0.2, -0.15) is 5.50 Å². The second-order valence-corrected chi connectivity index (χ2v) is 26.4. The van der Waals surface area contributed by atoms with Crippen LogP contribution in [0.2, 0.25) is 36.3 Å². The highest BCUT2D eigenvalue weighted by Crippen LogP contribution is 2.57. The fourth-order valence-corrected chi connectivity index (χ4v) is 23.5. The van der Waals surface area contributed by atoms with E-state index >= 15 is 0 Å². The number of fused-ring (bicyclic) bond motifs is 1. The molecule has 1 aliphatic rings. The van der Waals surface area contributed by atoms with E-state index in [9.17, 15) is 0 Å². The molecule has 1 aliphatic carbocycles. The minimum Gasteiger partial charge on any atom is -0.195 e. The second-order valence-electron chi connectivity index (χ2n) is 13.8. The zero-order valence-electron chi connectivity index (χ0n) is 28.4. The summed E-state index contributed by atoms with van der Waals surface area (Å²) < 4.78 is 0. The first-order chi connectivity index (χ1) is 20.9. The molecular formula is C39H61NPSi2+. The van der Waals surface area contributed by atoms with Crippen molar-refractivity contribution < 1.29 is 0 Å². The summed E-state index contributed by atoms with van der Waals surface area (Å²) in [6.07, 6.45) is 9.96. The Hall–Kier alpha value is -1.52.